The number of amides is 1. The number of rotatable bonds is 3. The molecule has 0 fully saturated rings. The lowest BCUT2D eigenvalue weighted by Crippen LogP contribution is -2.18. The summed E-state index contributed by atoms with van der Waals surface area (Å²) >= 11 is 0. The third-order valence-electron chi connectivity index (χ3n) is 2.13. The monoisotopic (exact) mass is 284 g/mol. The maximum absolute atomic E-state index is 12.3. The number of carbonyl (C=O) groups excluding carboxylic acids is 1. The fourth-order valence-electron chi connectivity index (χ4n) is 1.39. The first-order chi connectivity index (χ1) is 9.37. The van der Waals surface area contributed by atoms with E-state index in [-0.39, 0.29) is 17.1 Å². The highest BCUT2D eigenvalue weighted by molar-refractivity contribution is 5.90. The Morgan fingerprint density at radius 3 is 2.70 bits per heavy atom. The van der Waals surface area contributed by atoms with Crippen LogP contribution in [-0.4, -0.2) is 27.2 Å². The van der Waals surface area contributed by atoms with Crippen molar-refractivity contribution < 1.29 is 22.7 Å². The van der Waals surface area contributed by atoms with Crippen LogP contribution in [-0.2, 0) is 0 Å². The van der Waals surface area contributed by atoms with Gasteiger partial charge in [0.05, 0.1) is 12.4 Å². The first kappa shape index (κ1) is 13.7. The molecule has 2 N–H and O–H groups in total. The molecule has 0 atom stereocenters. The zero-order valence-electron chi connectivity index (χ0n) is 9.76. The lowest BCUT2D eigenvalue weighted by molar-refractivity contribution is -0.274. The van der Waals surface area contributed by atoms with Gasteiger partial charge in [0, 0.05) is 6.20 Å². The molecule has 0 saturated heterocycles. The number of alkyl halides is 3. The maximum atomic E-state index is 12.3. The van der Waals surface area contributed by atoms with E-state index in [1.54, 1.807) is 0 Å². The zero-order valence-corrected chi connectivity index (χ0v) is 9.76. The summed E-state index contributed by atoms with van der Waals surface area (Å²) in [7, 11) is 0. The minimum absolute atomic E-state index is 0.0545. The van der Waals surface area contributed by atoms with Crippen molar-refractivity contribution in [1.82, 2.24) is 15.0 Å². The summed E-state index contributed by atoms with van der Waals surface area (Å²) in [6.45, 7) is 0. The number of hydrogen-bond donors (Lipinski definition) is 1. The Hall–Kier alpha value is -2.71. The molecule has 1 amide bonds. The van der Waals surface area contributed by atoms with Gasteiger partial charge in [0.1, 0.15) is 17.1 Å². The second-order valence-corrected chi connectivity index (χ2v) is 3.55. The topological polar surface area (TPSA) is 91.0 Å². The maximum Gasteiger partial charge on any atom is 0.573 e. The SMILES string of the molecule is NC(=O)c1cncc(-c2ncccc2OC(F)(F)F)n1. The van der Waals surface area contributed by atoms with Crippen LogP contribution in [0.15, 0.2) is 30.7 Å². The molecule has 0 aromatic carbocycles. The molecule has 0 bridgehead atoms. The molecule has 0 spiro atoms. The van der Waals surface area contributed by atoms with E-state index in [0.29, 0.717) is 0 Å². The summed E-state index contributed by atoms with van der Waals surface area (Å²) in [5.74, 6) is -1.40. The van der Waals surface area contributed by atoms with Crippen LogP contribution >= 0.6 is 0 Å². The van der Waals surface area contributed by atoms with E-state index in [1.807, 2.05) is 0 Å². The van der Waals surface area contributed by atoms with Gasteiger partial charge < -0.3 is 10.5 Å². The Morgan fingerprint density at radius 2 is 2.05 bits per heavy atom. The molecule has 2 heterocycles. The van der Waals surface area contributed by atoms with Gasteiger partial charge in [-0.1, -0.05) is 0 Å². The lowest BCUT2D eigenvalue weighted by Gasteiger charge is -2.11. The van der Waals surface area contributed by atoms with Crippen LogP contribution in [0.2, 0.25) is 0 Å². The van der Waals surface area contributed by atoms with Gasteiger partial charge in [-0.05, 0) is 12.1 Å². The molecule has 0 unspecified atom stereocenters. The van der Waals surface area contributed by atoms with Crippen LogP contribution in [0.4, 0.5) is 13.2 Å². The average Bonchev–Trinajstić information content (AvgIpc) is 2.37. The van der Waals surface area contributed by atoms with E-state index in [1.165, 1.54) is 12.3 Å². The normalized spacial score (nSPS) is 11.2. The number of primary amides is 1. The van der Waals surface area contributed by atoms with Crippen LogP contribution < -0.4 is 10.5 Å². The van der Waals surface area contributed by atoms with Crippen molar-refractivity contribution in [3.05, 3.63) is 36.4 Å². The molecule has 6 nitrogen and oxygen atoms in total. The summed E-state index contributed by atoms with van der Waals surface area (Å²) in [5.41, 5.74) is 4.59. The average molecular weight is 284 g/mol. The number of nitrogens with two attached hydrogens (primary N) is 1. The minimum Gasteiger partial charge on any atom is -0.403 e. The number of pyridine rings is 1. The minimum atomic E-state index is -4.87. The second kappa shape index (κ2) is 5.11. The number of ether oxygens (including phenoxy) is 1. The lowest BCUT2D eigenvalue weighted by atomic mass is 10.2. The predicted molar refractivity (Wildman–Crippen MR) is 60.5 cm³/mol. The van der Waals surface area contributed by atoms with Crippen molar-refractivity contribution in [1.29, 1.82) is 0 Å². The molecule has 0 radical (unpaired) electrons. The standard InChI is InChI=1S/C11H7F3N4O2/c12-11(13,14)20-8-2-1-3-17-9(8)6-4-16-5-7(18-6)10(15)19/h1-5H,(H2,15,19). The highest BCUT2D eigenvalue weighted by Gasteiger charge is 2.32. The molecule has 2 aromatic heterocycles. The van der Waals surface area contributed by atoms with E-state index >= 15 is 0 Å². The third kappa shape index (κ3) is 3.19. The molecular weight excluding hydrogens is 277 g/mol. The molecule has 0 aliphatic carbocycles. The second-order valence-electron chi connectivity index (χ2n) is 3.55. The smallest absolute Gasteiger partial charge is 0.403 e. The number of aromatic nitrogens is 3. The Balaban J connectivity index is 2.47. The van der Waals surface area contributed by atoms with Crippen LogP contribution in [0.3, 0.4) is 0 Å². The zero-order chi connectivity index (χ0) is 14.8. The Bertz CT molecular complexity index is 646. The van der Waals surface area contributed by atoms with Gasteiger partial charge in [-0.3, -0.25) is 14.8 Å². The van der Waals surface area contributed by atoms with E-state index in [9.17, 15) is 18.0 Å². The van der Waals surface area contributed by atoms with Crippen molar-refractivity contribution in [3.63, 3.8) is 0 Å². The van der Waals surface area contributed by atoms with Gasteiger partial charge in [0.2, 0.25) is 0 Å². The van der Waals surface area contributed by atoms with Crippen molar-refractivity contribution in [2.45, 2.75) is 6.36 Å². The van der Waals surface area contributed by atoms with Crippen LogP contribution in [0.5, 0.6) is 5.75 Å². The van der Waals surface area contributed by atoms with Gasteiger partial charge in [0.15, 0.2) is 5.75 Å². The molecule has 0 aliphatic heterocycles. The van der Waals surface area contributed by atoms with Crippen molar-refractivity contribution in [2.24, 2.45) is 5.73 Å². The highest BCUT2D eigenvalue weighted by Crippen LogP contribution is 2.30. The Kier molecular flexibility index (Phi) is 3.51. The van der Waals surface area contributed by atoms with Crippen LogP contribution in [0.25, 0.3) is 11.4 Å². The first-order valence-electron chi connectivity index (χ1n) is 5.20. The molecule has 2 rings (SSSR count). The van der Waals surface area contributed by atoms with Crippen molar-refractivity contribution in [2.75, 3.05) is 0 Å². The van der Waals surface area contributed by atoms with Crippen molar-refractivity contribution in [3.8, 4) is 17.1 Å². The summed E-state index contributed by atoms with van der Waals surface area (Å²) in [6, 6.07) is 2.35. The highest BCUT2D eigenvalue weighted by atomic mass is 19.4. The summed E-state index contributed by atoms with van der Waals surface area (Å²) in [6.07, 6.45) is -1.36. The predicted octanol–water partition coefficient (Wildman–Crippen LogP) is 1.54. The summed E-state index contributed by atoms with van der Waals surface area (Å²) < 4.78 is 40.7. The number of carbonyl (C=O) groups is 1. The fraction of sp³-hybridized carbons (Fsp3) is 0.0909. The van der Waals surface area contributed by atoms with Gasteiger partial charge >= 0.3 is 6.36 Å². The summed E-state index contributed by atoms with van der Waals surface area (Å²) in [4.78, 5) is 22.2. The van der Waals surface area contributed by atoms with E-state index < -0.39 is 18.0 Å². The van der Waals surface area contributed by atoms with E-state index in [2.05, 4.69) is 19.7 Å². The van der Waals surface area contributed by atoms with Gasteiger partial charge in [0.25, 0.3) is 5.91 Å². The summed E-state index contributed by atoms with van der Waals surface area (Å²) in [5, 5.41) is 0. The molecule has 0 saturated carbocycles. The molecule has 104 valence electrons. The number of nitrogens with zero attached hydrogens (tertiary/aromatic N) is 3. The van der Waals surface area contributed by atoms with Crippen molar-refractivity contribution >= 4 is 5.91 Å². The van der Waals surface area contributed by atoms with E-state index in [4.69, 9.17) is 5.73 Å². The number of hydrogen-bond acceptors (Lipinski definition) is 5. The molecule has 20 heavy (non-hydrogen) atoms. The quantitative estimate of drug-likeness (QED) is 0.923. The molecule has 2 aromatic rings. The largest absolute Gasteiger partial charge is 0.573 e. The number of halogens is 3. The van der Waals surface area contributed by atoms with Crippen LogP contribution in [0.1, 0.15) is 10.5 Å². The Labute approximate surface area is 110 Å². The van der Waals surface area contributed by atoms with Gasteiger partial charge in [-0.15, -0.1) is 13.2 Å². The van der Waals surface area contributed by atoms with Gasteiger partial charge in [-0.2, -0.15) is 0 Å². The van der Waals surface area contributed by atoms with Crippen LogP contribution in [0, 0.1) is 0 Å². The van der Waals surface area contributed by atoms with Gasteiger partial charge in [-0.25, -0.2) is 4.98 Å². The van der Waals surface area contributed by atoms with E-state index in [0.717, 1.165) is 18.5 Å². The molecular formula is C11H7F3N4O2. The third-order valence-corrected chi connectivity index (χ3v) is 2.13. The molecule has 0 aliphatic rings. The first-order valence-corrected chi connectivity index (χ1v) is 5.20. The fourth-order valence-corrected chi connectivity index (χ4v) is 1.39. The molecule has 9 heteroatoms. The Morgan fingerprint density at radius 1 is 1.30 bits per heavy atom.